The van der Waals surface area contributed by atoms with Gasteiger partial charge in [0.05, 0.1) is 12.1 Å². The molecule has 0 bridgehead atoms. The number of carbonyl (C=O) groups excluding carboxylic acids is 1. The van der Waals surface area contributed by atoms with Gasteiger partial charge in [-0.05, 0) is 31.0 Å². The molecule has 2 aromatic heterocycles. The molecular weight excluding hydrogens is 342 g/mol. The molecule has 2 aromatic rings. The van der Waals surface area contributed by atoms with E-state index in [0.717, 1.165) is 31.1 Å². The Morgan fingerprint density at radius 2 is 2.15 bits per heavy atom. The van der Waals surface area contributed by atoms with Gasteiger partial charge in [-0.15, -0.1) is 0 Å². The number of aromatic nitrogens is 2. The smallest absolute Gasteiger partial charge is 0.270 e. The zero-order valence-corrected chi connectivity index (χ0v) is 15.5. The van der Waals surface area contributed by atoms with Crippen molar-refractivity contribution in [1.82, 2.24) is 14.5 Å². The fraction of sp³-hybridized carbons (Fsp3) is 0.450. The molecule has 2 fully saturated rings. The molecule has 4 heterocycles. The molecule has 140 valence electrons. The first-order valence-corrected chi connectivity index (χ1v) is 9.38. The second-order valence-corrected chi connectivity index (χ2v) is 7.14. The highest BCUT2D eigenvalue weighted by Gasteiger charge is 2.30. The average Bonchev–Trinajstić information content (AvgIpc) is 3.42. The summed E-state index contributed by atoms with van der Waals surface area (Å²) in [7, 11) is 1.79. The Labute approximate surface area is 158 Å². The summed E-state index contributed by atoms with van der Waals surface area (Å²) in [6, 6.07) is 7.57. The van der Waals surface area contributed by atoms with E-state index in [9.17, 15) is 4.79 Å². The third kappa shape index (κ3) is 3.47. The Kier molecular flexibility index (Phi) is 4.71. The first-order chi connectivity index (χ1) is 13.2. The van der Waals surface area contributed by atoms with Gasteiger partial charge in [0.25, 0.3) is 5.91 Å². The number of hydrogen-bond acceptors (Lipinski definition) is 5. The molecule has 0 radical (unpaired) electrons. The first-order valence-electron chi connectivity index (χ1n) is 9.38. The summed E-state index contributed by atoms with van der Waals surface area (Å²) >= 11 is 0. The standard InChI is InChI=1S/C20H23N5O2/c1-23-13-15(12-21)11-17(23)20(26)25-10-6-16(14-25)27-18-5-4-7-22-19(18)24-8-2-3-9-24/h4-5,7,11,13,16H,2-3,6,8-10,14H2,1H3. The van der Waals surface area contributed by atoms with Crippen molar-refractivity contribution in [2.45, 2.75) is 25.4 Å². The van der Waals surface area contributed by atoms with Crippen molar-refractivity contribution < 1.29 is 9.53 Å². The molecule has 7 heteroatoms. The van der Waals surface area contributed by atoms with Crippen LogP contribution in [0, 0.1) is 11.3 Å². The molecule has 1 unspecified atom stereocenters. The second kappa shape index (κ2) is 7.31. The van der Waals surface area contributed by atoms with Crippen molar-refractivity contribution in [2.24, 2.45) is 7.05 Å². The molecule has 1 atom stereocenters. The summed E-state index contributed by atoms with van der Waals surface area (Å²) < 4.78 is 7.94. The van der Waals surface area contributed by atoms with Crippen molar-refractivity contribution >= 4 is 11.7 Å². The minimum Gasteiger partial charge on any atom is -0.485 e. The van der Waals surface area contributed by atoms with Crippen LogP contribution >= 0.6 is 0 Å². The predicted molar refractivity (Wildman–Crippen MR) is 101 cm³/mol. The molecule has 1 amide bonds. The minimum atomic E-state index is -0.0592. The number of nitriles is 1. The number of pyridine rings is 1. The van der Waals surface area contributed by atoms with Gasteiger partial charge >= 0.3 is 0 Å². The first kappa shape index (κ1) is 17.4. The fourth-order valence-corrected chi connectivity index (χ4v) is 3.83. The maximum atomic E-state index is 12.8. The lowest BCUT2D eigenvalue weighted by Crippen LogP contribution is -2.32. The predicted octanol–water partition coefficient (Wildman–Crippen LogP) is 2.19. The van der Waals surface area contributed by atoms with Gasteiger partial charge in [-0.1, -0.05) is 0 Å². The highest BCUT2D eigenvalue weighted by molar-refractivity contribution is 5.93. The Balaban J connectivity index is 1.44. The van der Waals surface area contributed by atoms with Crippen molar-refractivity contribution in [2.75, 3.05) is 31.1 Å². The molecule has 2 aliphatic rings. The number of likely N-dealkylation sites (tertiary alicyclic amines) is 1. The van der Waals surface area contributed by atoms with Crippen LogP contribution in [0.25, 0.3) is 0 Å². The molecule has 2 saturated heterocycles. The lowest BCUT2D eigenvalue weighted by Gasteiger charge is -2.22. The summed E-state index contributed by atoms with van der Waals surface area (Å²) in [4.78, 5) is 21.4. The maximum absolute atomic E-state index is 12.8. The number of nitrogens with zero attached hydrogens (tertiary/aromatic N) is 5. The maximum Gasteiger partial charge on any atom is 0.270 e. The summed E-state index contributed by atoms with van der Waals surface area (Å²) in [5.74, 6) is 1.64. The van der Waals surface area contributed by atoms with Crippen molar-refractivity contribution in [3.63, 3.8) is 0 Å². The second-order valence-electron chi connectivity index (χ2n) is 7.14. The van der Waals surface area contributed by atoms with Gasteiger partial charge in [0.15, 0.2) is 11.6 Å². The van der Waals surface area contributed by atoms with E-state index in [1.54, 1.807) is 35.0 Å². The SMILES string of the molecule is Cn1cc(C#N)cc1C(=O)N1CCC(Oc2cccnc2N2CCCC2)C1. The minimum absolute atomic E-state index is 0.0461. The van der Waals surface area contributed by atoms with Crippen LogP contribution in [0.15, 0.2) is 30.6 Å². The topological polar surface area (TPSA) is 74.4 Å². The Bertz CT molecular complexity index is 879. The third-order valence-corrected chi connectivity index (χ3v) is 5.24. The van der Waals surface area contributed by atoms with Crippen LogP contribution in [0.4, 0.5) is 5.82 Å². The number of hydrogen-bond donors (Lipinski definition) is 0. The van der Waals surface area contributed by atoms with Crippen LogP contribution in [0.5, 0.6) is 5.75 Å². The summed E-state index contributed by atoms with van der Waals surface area (Å²) in [5, 5.41) is 9.03. The van der Waals surface area contributed by atoms with E-state index in [-0.39, 0.29) is 12.0 Å². The number of amides is 1. The van der Waals surface area contributed by atoms with Crippen molar-refractivity contribution in [3.05, 3.63) is 41.9 Å². The molecule has 0 saturated carbocycles. The van der Waals surface area contributed by atoms with Crippen LogP contribution in [0.2, 0.25) is 0 Å². The molecule has 27 heavy (non-hydrogen) atoms. The fourth-order valence-electron chi connectivity index (χ4n) is 3.83. The van der Waals surface area contributed by atoms with Gasteiger partial charge in [-0.2, -0.15) is 5.26 Å². The lowest BCUT2D eigenvalue weighted by atomic mass is 10.3. The van der Waals surface area contributed by atoms with E-state index < -0.39 is 0 Å². The van der Waals surface area contributed by atoms with E-state index >= 15 is 0 Å². The van der Waals surface area contributed by atoms with Crippen molar-refractivity contribution in [1.29, 1.82) is 5.26 Å². The quantitative estimate of drug-likeness (QED) is 0.830. The van der Waals surface area contributed by atoms with Gasteiger partial charge in [0.2, 0.25) is 0 Å². The van der Waals surface area contributed by atoms with Crippen LogP contribution in [-0.2, 0) is 7.05 Å². The highest BCUT2D eigenvalue weighted by atomic mass is 16.5. The number of anilines is 1. The van der Waals surface area contributed by atoms with Gasteiger partial charge in [-0.3, -0.25) is 4.79 Å². The Morgan fingerprint density at radius 1 is 1.33 bits per heavy atom. The van der Waals surface area contributed by atoms with Crippen LogP contribution < -0.4 is 9.64 Å². The van der Waals surface area contributed by atoms with Gasteiger partial charge in [0, 0.05) is 45.5 Å². The normalized spacial score (nSPS) is 19.3. The molecule has 2 aliphatic heterocycles. The zero-order chi connectivity index (χ0) is 18.8. The highest BCUT2D eigenvalue weighted by Crippen LogP contribution is 2.30. The van der Waals surface area contributed by atoms with Crippen LogP contribution in [0.3, 0.4) is 0 Å². The van der Waals surface area contributed by atoms with Crippen LogP contribution in [-0.4, -0.2) is 52.6 Å². The van der Waals surface area contributed by atoms with Crippen LogP contribution in [0.1, 0.15) is 35.3 Å². The van der Waals surface area contributed by atoms with E-state index in [0.29, 0.717) is 24.3 Å². The van der Waals surface area contributed by atoms with E-state index in [1.807, 2.05) is 12.1 Å². The van der Waals surface area contributed by atoms with E-state index in [1.165, 1.54) is 12.8 Å². The Hall–Kier alpha value is -3.01. The molecule has 4 rings (SSSR count). The summed E-state index contributed by atoms with van der Waals surface area (Å²) in [6.45, 7) is 3.21. The van der Waals surface area contributed by atoms with Crippen molar-refractivity contribution in [3.8, 4) is 11.8 Å². The number of ether oxygens (including phenoxy) is 1. The van der Waals surface area contributed by atoms with Gasteiger partial charge in [0.1, 0.15) is 17.9 Å². The number of carbonyl (C=O) groups is 1. The van der Waals surface area contributed by atoms with Gasteiger partial charge < -0.3 is 19.1 Å². The molecule has 0 spiro atoms. The van der Waals surface area contributed by atoms with E-state index in [4.69, 9.17) is 10.00 Å². The molecule has 0 aromatic carbocycles. The Morgan fingerprint density at radius 3 is 2.89 bits per heavy atom. The van der Waals surface area contributed by atoms with E-state index in [2.05, 4.69) is 16.0 Å². The monoisotopic (exact) mass is 365 g/mol. The largest absolute Gasteiger partial charge is 0.485 e. The average molecular weight is 365 g/mol. The summed E-state index contributed by atoms with van der Waals surface area (Å²) in [6.07, 6.45) is 6.58. The third-order valence-electron chi connectivity index (χ3n) is 5.24. The molecule has 0 aliphatic carbocycles. The summed E-state index contributed by atoms with van der Waals surface area (Å²) in [5.41, 5.74) is 1.03. The molecule has 7 nitrogen and oxygen atoms in total. The zero-order valence-electron chi connectivity index (χ0n) is 15.5. The van der Waals surface area contributed by atoms with Gasteiger partial charge in [-0.25, -0.2) is 4.98 Å². The lowest BCUT2D eigenvalue weighted by molar-refractivity contribution is 0.0763. The number of aryl methyl sites for hydroxylation is 1. The molecule has 0 N–H and O–H groups in total. The molecular formula is C20H23N5O2. The number of rotatable bonds is 4.